The van der Waals surface area contributed by atoms with Gasteiger partial charge in [-0.25, -0.2) is 0 Å². The Bertz CT molecular complexity index is 381. The third kappa shape index (κ3) is 4.45. The molecule has 0 spiro atoms. The van der Waals surface area contributed by atoms with E-state index in [9.17, 15) is 0 Å². The highest BCUT2D eigenvalue weighted by Gasteiger charge is 2.13. The van der Waals surface area contributed by atoms with Gasteiger partial charge in [-0.15, -0.1) is 0 Å². The quantitative estimate of drug-likeness (QED) is 0.770. The lowest BCUT2D eigenvalue weighted by atomic mass is 10.0. The van der Waals surface area contributed by atoms with Crippen LogP contribution in [0.1, 0.15) is 51.0 Å². The molecule has 0 bridgehead atoms. The zero-order valence-corrected chi connectivity index (χ0v) is 12.4. The Morgan fingerprint density at radius 2 is 1.89 bits per heavy atom. The Hall–Kier alpha value is -1.18. The van der Waals surface area contributed by atoms with Gasteiger partial charge in [0.25, 0.3) is 0 Å². The van der Waals surface area contributed by atoms with Crippen LogP contribution < -0.4 is 10.1 Å². The number of aryl methyl sites for hydroxylation is 1. The average Bonchev–Trinajstić information content (AvgIpc) is 2.67. The summed E-state index contributed by atoms with van der Waals surface area (Å²) in [6, 6.07) is 6.42. The highest BCUT2D eigenvalue weighted by atomic mass is 16.5. The normalized spacial score (nSPS) is 16.9. The van der Waals surface area contributed by atoms with Crippen LogP contribution in [0.4, 0.5) is 5.69 Å². The number of rotatable bonds is 5. The van der Waals surface area contributed by atoms with E-state index in [0.717, 1.165) is 30.5 Å². The Morgan fingerprint density at radius 3 is 2.58 bits per heavy atom. The van der Waals surface area contributed by atoms with Crippen LogP contribution >= 0.6 is 0 Å². The lowest BCUT2D eigenvalue weighted by molar-refractivity contribution is 0.341. The van der Waals surface area contributed by atoms with Crippen molar-refractivity contribution in [3.8, 4) is 5.75 Å². The molecule has 0 aromatic heterocycles. The van der Waals surface area contributed by atoms with Crippen LogP contribution in [0.5, 0.6) is 5.75 Å². The van der Waals surface area contributed by atoms with Gasteiger partial charge >= 0.3 is 0 Å². The van der Waals surface area contributed by atoms with Crippen LogP contribution in [-0.4, -0.2) is 13.2 Å². The minimum absolute atomic E-state index is 0.724. The van der Waals surface area contributed by atoms with Gasteiger partial charge < -0.3 is 10.1 Å². The zero-order chi connectivity index (χ0) is 13.5. The van der Waals surface area contributed by atoms with Crippen LogP contribution in [-0.2, 0) is 0 Å². The van der Waals surface area contributed by atoms with Gasteiger partial charge in [-0.2, -0.15) is 0 Å². The number of hydrogen-bond acceptors (Lipinski definition) is 2. The topological polar surface area (TPSA) is 21.3 Å². The van der Waals surface area contributed by atoms with Gasteiger partial charge in [-0.05, 0) is 50.3 Å². The van der Waals surface area contributed by atoms with Gasteiger partial charge in [-0.1, -0.05) is 31.7 Å². The molecule has 1 aromatic rings. The summed E-state index contributed by atoms with van der Waals surface area (Å²) in [5, 5.41) is 3.60. The molecule has 0 saturated heterocycles. The number of anilines is 1. The molecule has 0 atom stereocenters. The largest absolute Gasteiger partial charge is 0.492 e. The standard InChI is InChI=1S/C17H27NO/c1-3-19-17-12-14(2)10-11-16(17)18-13-15-8-6-4-5-7-9-15/h10-12,15,18H,3-9,13H2,1-2H3. The van der Waals surface area contributed by atoms with E-state index in [0.29, 0.717) is 0 Å². The van der Waals surface area contributed by atoms with E-state index >= 15 is 0 Å². The molecule has 0 heterocycles. The van der Waals surface area contributed by atoms with Gasteiger partial charge in [0, 0.05) is 6.54 Å². The number of nitrogens with one attached hydrogen (secondary N) is 1. The molecule has 1 fully saturated rings. The molecule has 2 heteroatoms. The van der Waals surface area contributed by atoms with Crippen molar-refractivity contribution in [3.05, 3.63) is 23.8 Å². The molecule has 1 aliphatic rings. The Labute approximate surface area is 117 Å². The maximum atomic E-state index is 5.72. The van der Waals surface area contributed by atoms with Gasteiger partial charge in [0.2, 0.25) is 0 Å². The van der Waals surface area contributed by atoms with Crippen LogP contribution in [0.25, 0.3) is 0 Å². The van der Waals surface area contributed by atoms with Gasteiger partial charge in [0.15, 0.2) is 0 Å². The molecule has 0 unspecified atom stereocenters. The van der Waals surface area contributed by atoms with E-state index < -0.39 is 0 Å². The Morgan fingerprint density at radius 1 is 1.16 bits per heavy atom. The Balaban J connectivity index is 1.94. The van der Waals surface area contributed by atoms with Gasteiger partial charge in [0.05, 0.1) is 12.3 Å². The van der Waals surface area contributed by atoms with E-state index in [2.05, 4.69) is 30.4 Å². The third-order valence-corrected chi connectivity index (χ3v) is 3.99. The van der Waals surface area contributed by atoms with Crippen LogP contribution in [0.15, 0.2) is 18.2 Å². The number of ether oxygens (including phenoxy) is 1. The molecule has 0 radical (unpaired) electrons. The predicted molar refractivity (Wildman–Crippen MR) is 82.0 cm³/mol. The minimum atomic E-state index is 0.724. The Kier molecular flexibility index (Phi) is 5.56. The molecule has 2 nitrogen and oxygen atoms in total. The maximum Gasteiger partial charge on any atom is 0.142 e. The molecule has 19 heavy (non-hydrogen) atoms. The molecule has 2 rings (SSSR count). The van der Waals surface area contributed by atoms with E-state index in [1.165, 1.54) is 44.1 Å². The second-order valence-electron chi connectivity index (χ2n) is 5.67. The fourth-order valence-corrected chi connectivity index (χ4v) is 2.87. The van der Waals surface area contributed by atoms with Crippen molar-refractivity contribution < 1.29 is 4.74 Å². The summed E-state index contributed by atoms with van der Waals surface area (Å²) in [4.78, 5) is 0. The van der Waals surface area contributed by atoms with Crippen molar-refractivity contribution >= 4 is 5.69 Å². The van der Waals surface area contributed by atoms with Crippen molar-refractivity contribution in [2.45, 2.75) is 52.4 Å². The van der Waals surface area contributed by atoms with E-state index in [4.69, 9.17) is 4.74 Å². The predicted octanol–water partition coefficient (Wildman–Crippen LogP) is 4.78. The van der Waals surface area contributed by atoms with Crippen molar-refractivity contribution in [2.24, 2.45) is 5.92 Å². The van der Waals surface area contributed by atoms with E-state index in [-0.39, 0.29) is 0 Å². The number of hydrogen-bond donors (Lipinski definition) is 1. The molecule has 0 aliphatic heterocycles. The summed E-state index contributed by atoms with van der Waals surface area (Å²) in [5.74, 6) is 1.83. The summed E-state index contributed by atoms with van der Waals surface area (Å²) in [6.07, 6.45) is 8.40. The fraction of sp³-hybridized carbons (Fsp3) is 0.647. The summed E-state index contributed by atoms with van der Waals surface area (Å²) in [7, 11) is 0. The second-order valence-corrected chi connectivity index (χ2v) is 5.67. The number of benzene rings is 1. The fourth-order valence-electron chi connectivity index (χ4n) is 2.87. The first kappa shape index (κ1) is 14.2. The summed E-state index contributed by atoms with van der Waals surface area (Å²) < 4.78 is 5.72. The lowest BCUT2D eigenvalue weighted by Gasteiger charge is -2.18. The van der Waals surface area contributed by atoms with Crippen LogP contribution in [0.3, 0.4) is 0 Å². The molecular weight excluding hydrogens is 234 g/mol. The van der Waals surface area contributed by atoms with E-state index in [1.807, 2.05) is 6.92 Å². The molecule has 1 aromatic carbocycles. The third-order valence-electron chi connectivity index (χ3n) is 3.99. The van der Waals surface area contributed by atoms with Crippen LogP contribution in [0.2, 0.25) is 0 Å². The van der Waals surface area contributed by atoms with Gasteiger partial charge in [-0.3, -0.25) is 0 Å². The molecule has 1 aliphatic carbocycles. The molecule has 106 valence electrons. The molecular formula is C17H27NO. The maximum absolute atomic E-state index is 5.72. The minimum Gasteiger partial charge on any atom is -0.492 e. The van der Waals surface area contributed by atoms with Gasteiger partial charge in [0.1, 0.15) is 5.75 Å². The first-order chi connectivity index (χ1) is 9.29. The first-order valence-electron chi connectivity index (χ1n) is 7.77. The highest BCUT2D eigenvalue weighted by molar-refractivity contribution is 5.57. The smallest absolute Gasteiger partial charge is 0.142 e. The molecule has 1 saturated carbocycles. The summed E-state index contributed by atoms with van der Waals surface area (Å²) >= 11 is 0. The highest BCUT2D eigenvalue weighted by Crippen LogP contribution is 2.28. The summed E-state index contributed by atoms with van der Waals surface area (Å²) in [6.45, 7) is 5.96. The average molecular weight is 261 g/mol. The second kappa shape index (κ2) is 7.42. The first-order valence-corrected chi connectivity index (χ1v) is 7.77. The van der Waals surface area contributed by atoms with Crippen molar-refractivity contribution in [1.29, 1.82) is 0 Å². The SMILES string of the molecule is CCOc1cc(C)ccc1NCC1CCCCCC1. The van der Waals surface area contributed by atoms with Crippen molar-refractivity contribution in [3.63, 3.8) is 0 Å². The molecule has 1 N–H and O–H groups in total. The molecule has 0 amide bonds. The van der Waals surface area contributed by atoms with Crippen LogP contribution in [0, 0.1) is 12.8 Å². The zero-order valence-electron chi connectivity index (χ0n) is 12.4. The van der Waals surface area contributed by atoms with E-state index in [1.54, 1.807) is 0 Å². The monoisotopic (exact) mass is 261 g/mol. The lowest BCUT2D eigenvalue weighted by Crippen LogP contribution is -2.14. The van der Waals surface area contributed by atoms with Crippen molar-refractivity contribution in [1.82, 2.24) is 0 Å². The van der Waals surface area contributed by atoms with Crippen molar-refractivity contribution in [2.75, 3.05) is 18.5 Å². The summed E-state index contributed by atoms with van der Waals surface area (Å²) in [5.41, 5.74) is 2.40.